The zero-order valence-electron chi connectivity index (χ0n) is 15.8. The molecule has 1 aromatic rings. The summed E-state index contributed by atoms with van der Waals surface area (Å²) >= 11 is 1.85. The van der Waals surface area contributed by atoms with Crippen LogP contribution in [-0.4, -0.2) is 28.5 Å². The second kappa shape index (κ2) is 7.54. The number of ether oxygens (including phenoxy) is 3. The van der Waals surface area contributed by atoms with Crippen LogP contribution >= 0.6 is 11.8 Å². The van der Waals surface area contributed by atoms with E-state index in [4.69, 9.17) is 18.6 Å². The highest BCUT2D eigenvalue weighted by Crippen LogP contribution is 2.54. The standard InChI is InChI=1S/C19H28O4SSi/c1-20-16-11-10-14-17(18(16)21-2)22-12-24-19(14)13-8-6-7-9-15(13)23-25(3,4)5/h9-11,13,19H,6-8,12H2,1-5H3. The Bertz CT molecular complexity index is 654. The fourth-order valence-corrected chi connectivity index (χ4v) is 5.66. The van der Waals surface area contributed by atoms with E-state index >= 15 is 0 Å². The number of rotatable bonds is 5. The summed E-state index contributed by atoms with van der Waals surface area (Å²) in [5.41, 5.74) is 1.19. The van der Waals surface area contributed by atoms with Crippen molar-refractivity contribution in [1.82, 2.24) is 0 Å². The molecule has 6 heteroatoms. The van der Waals surface area contributed by atoms with E-state index in [0.29, 0.717) is 28.6 Å². The van der Waals surface area contributed by atoms with Crippen LogP contribution in [0.1, 0.15) is 30.1 Å². The van der Waals surface area contributed by atoms with Crippen LogP contribution in [0.25, 0.3) is 0 Å². The third-order valence-corrected chi connectivity index (χ3v) is 6.55. The molecule has 3 rings (SSSR count). The van der Waals surface area contributed by atoms with Crippen LogP contribution in [0.2, 0.25) is 19.6 Å². The number of hydrogen-bond donors (Lipinski definition) is 0. The van der Waals surface area contributed by atoms with E-state index < -0.39 is 8.32 Å². The molecule has 0 spiro atoms. The molecule has 0 aromatic heterocycles. The van der Waals surface area contributed by atoms with E-state index in [1.807, 2.05) is 17.8 Å². The van der Waals surface area contributed by atoms with Gasteiger partial charge in [0, 0.05) is 16.7 Å². The molecule has 138 valence electrons. The van der Waals surface area contributed by atoms with Crippen molar-refractivity contribution >= 4 is 20.1 Å². The molecule has 25 heavy (non-hydrogen) atoms. The zero-order valence-corrected chi connectivity index (χ0v) is 17.6. The summed E-state index contributed by atoms with van der Waals surface area (Å²) in [5.74, 6) is 4.43. The van der Waals surface area contributed by atoms with E-state index in [1.165, 1.54) is 17.7 Å². The van der Waals surface area contributed by atoms with Crippen molar-refractivity contribution in [2.45, 2.75) is 44.2 Å². The lowest BCUT2D eigenvalue weighted by molar-refractivity contribution is 0.287. The Morgan fingerprint density at radius 1 is 1.16 bits per heavy atom. The molecule has 1 aliphatic heterocycles. The van der Waals surface area contributed by atoms with Crippen LogP contribution in [0, 0.1) is 5.92 Å². The van der Waals surface area contributed by atoms with Crippen LogP contribution in [0.5, 0.6) is 17.2 Å². The summed E-state index contributed by atoms with van der Waals surface area (Å²) in [6.45, 7) is 6.75. The highest BCUT2D eigenvalue weighted by atomic mass is 32.2. The Morgan fingerprint density at radius 3 is 2.64 bits per heavy atom. The minimum atomic E-state index is -1.63. The Morgan fingerprint density at radius 2 is 1.96 bits per heavy atom. The summed E-state index contributed by atoms with van der Waals surface area (Å²) < 4.78 is 23.4. The predicted molar refractivity (Wildman–Crippen MR) is 105 cm³/mol. The van der Waals surface area contributed by atoms with Crippen molar-refractivity contribution in [3.63, 3.8) is 0 Å². The maximum absolute atomic E-state index is 6.45. The lowest BCUT2D eigenvalue weighted by Gasteiger charge is -2.37. The maximum atomic E-state index is 6.45. The molecular formula is C19H28O4SSi. The number of thioether (sulfide) groups is 1. The summed E-state index contributed by atoms with van der Waals surface area (Å²) in [4.78, 5) is 0. The normalized spacial score (nSPS) is 23.2. The van der Waals surface area contributed by atoms with Gasteiger partial charge in [-0.2, -0.15) is 0 Å². The number of benzene rings is 1. The van der Waals surface area contributed by atoms with Gasteiger partial charge in [0.25, 0.3) is 0 Å². The summed E-state index contributed by atoms with van der Waals surface area (Å²) in [6.07, 6.45) is 5.79. The average Bonchev–Trinajstić information content (AvgIpc) is 2.59. The van der Waals surface area contributed by atoms with Crippen molar-refractivity contribution in [1.29, 1.82) is 0 Å². The monoisotopic (exact) mass is 380 g/mol. The second-order valence-electron chi connectivity index (χ2n) is 7.43. The van der Waals surface area contributed by atoms with Gasteiger partial charge in [-0.3, -0.25) is 0 Å². The first-order valence-corrected chi connectivity index (χ1v) is 13.3. The minimum absolute atomic E-state index is 0.325. The van der Waals surface area contributed by atoms with E-state index in [2.05, 4.69) is 31.8 Å². The number of methoxy groups -OCH3 is 2. The highest BCUT2D eigenvalue weighted by Gasteiger charge is 2.37. The first-order valence-electron chi connectivity index (χ1n) is 8.83. The quantitative estimate of drug-likeness (QED) is 0.643. The van der Waals surface area contributed by atoms with E-state index in [-0.39, 0.29) is 0 Å². The zero-order chi connectivity index (χ0) is 18.0. The van der Waals surface area contributed by atoms with Crippen LogP contribution in [0.3, 0.4) is 0 Å². The Kier molecular flexibility index (Phi) is 5.58. The lowest BCUT2D eigenvalue weighted by atomic mass is 9.87. The summed E-state index contributed by atoms with van der Waals surface area (Å²) in [5, 5.41) is 0.325. The van der Waals surface area contributed by atoms with Crippen LogP contribution in [-0.2, 0) is 4.43 Å². The van der Waals surface area contributed by atoms with Crippen molar-refractivity contribution < 1.29 is 18.6 Å². The molecular weight excluding hydrogens is 352 g/mol. The van der Waals surface area contributed by atoms with Gasteiger partial charge in [-0.1, -0.05) is 6.07 Å². The largest absolute Gasteiger partial charge is 0.547 e. The molecule has 1 aliphatic carbocycles. The number of hydrogen-bond acceptors (Lipinski definition) is 5. The summed E-state index contributed by atoms with van der Waals surface area (Å²) in [7, 11) is 1.69. The predicted octanol–water partition coefficient (Wildman–Crippen LogP) is 5.36. The van der Waals surface area contributed by atoms with E-state index in [9.17, 15) is 0 Å². The molecule has 4 nitrogen and oxygen atoms in total. The van der Waals surface area contributed by atoms with Crippen molar-refractivity contribution in [3.05, 3.63) is 29.5 Å². The molecule has 2 atom stereocenters. The van der Waals surface area contributed by atoms with E-state index in [0.717, 1.165) is 18.6 Å². The van der Waals surface area contributed by atoms with Crippen molar-refractivity contribution in [2.24, 2.45) is 5.92 Å². The first kappa shape index (κ1) is 18.5. The smallest absolute Gasteiger partial charge is 0.241 e. The summed E-state index contributed by atoms with van der Waals surface area (Å²) in [6, 6.07) is 4.10. The van der Waals surface area contributed by atoms with Gasteiger partial charge < -0.3 is 18.6 Å². The van der Waals surface area contributed by atoms with Gasteiger partial charge in [0.1, 0.15) is 5.94 Å². The van der Waals surface area contributed by atoms with Crippen LogP contribution in [0.15, 0.2) is 24.0 Å². The van der Waals surface area contributed by atoms with Gasteiger partial charge in [-0.25, -0.2) is 0 Å². The molecule has 0 fully saturated rings. The molecule has 0 saturated heterocycles. The van der Waals surface area contributed by atoms with Gasteiger partial charge >= 0.3 is 0 Å². The molecule has 1 aromatic carbocycles. The second-order valence-corrected chi connectivity index (χ2v) is 12.9. The first-order chi connectivity index (χ1) is 11.9. The van der Waals surface area contributed by atoms with Crippen LogP contribution in [0.4, 0.5) is 0 Å². The fourth-order valence-electron chi connectivity index (χ4n) is 3.52. The molecule has 0 amide bonds. The molecule has 1 heterocycles. The Balaban J connectivity index is 1.97. The fraction of sp³-hybridized carbons (Fsp3) is 0.579. The molecule has 0 bridgehead atoms. The number of fused-ring (bicyclic) bond motifs is 1. The number of allylic oxidation sites excluding steroid dienone is 2. The van der Waals surface area contributed by atoms with Gasteiger partial charge in [-0.15, -0.1) is 11.8 Å². The lowest BCUT2D eigenvalue weighted by Crippen LogP contribution is -2.30. The highest BCUT2D eigenvalue weighted by molar-refractivity contribution is 7.99. The van der Waals surface area contributed by atoms with Gasteiger partial charge in [0.05, 0.1) is 20.0 Å². The van der Waals surface area contributed by atoms with Crippen molar-refractivity contribution in [3.8, 4) is 17.2 Å². The third-order valence-electron chi connectivity index (χ3n) is 4.51. The maximum Gasteiger partial charge on any atom is 0.241 e. The molecule has 0 saturated carbocycles. The average molecular weight is 381 g/mol. The minimum Gasteiger partial charge on any atom is -0.547 e. The molecule has 0 N–H and O–H groups in total. The van der Waals surface area contributed by atoms with Crippen molar-refractivity contribution in [2.75, 3.05) is 20.2 Å². The van der Waals surface area contributed by atoms with Crippen LogP contribution < -0.4 is 14.2 Å². The topological polar surface area (TPSA) is 36.9 Å². The SMILES string of the molecule is COc1ccc2c(c1OC)OCSC2C1CCCC=C1O[Si](C)(C)C. The molecule has 0 radical (unpaired) electrons. The third kappa shape index (κ3) is 3.95. The molecule has 2 unspecified atom stereocenters. The Labute approximate surface area is 156 Å². The molecule has 2 aliphatic rings. The Hall–Kier alpha value is -1.27. The van der Waals surface area contributed by atoms with Gasteiger partial charge in [-0.05, 0) is 51.0 Å². The van der Waals surface area contributed by atoms with E-state index in [1.54, 1.807) is 14.2 Å². The van der Waals surface area contributed by atoms with Gasteiger partial charge in [0.2, 0.25) is 14.1 Å². The van der Waals surface area contributed by atoms with Gasteiger partial charge in [0.15, 0.2) is 11.5 Å².